The van der Waals surface area contributed by atoms with E-state index < -0.39 is 0 Å². The van der Waals surface area contributed by atoms with E-state index in [4.69, 9.17) is 0 Å². The Hall–Kier alpha value is -0.610. The predicted octanol–water partition coefficient (Wildman–Crippen LogP) is 1.07. The van der Waals surface area contributed by atoms with Crippen LogP contribution in [0.3, 0.4) is 0 Å². The van der Waals surface area contributed by atoms with Gasteiger partial charge in [-0.15, -0.1) is 0 Å². The summed E-state index contributed by atoms with van der Waals surface area (Å²) < 4.78 is 0. The highest BCUT2D eigenvalue weighted by Gasteiger charge is 2.45. The predicted molar refractivity (Wildman–Crippen MR) is 76.0 cm³/mol. The number of piperazine rings is 1. The maximum absolute atomic E-state index is 12.7. The van der Waals surface area contributed by atoms with Gasteiger partial charge in [0, 0.05) is 44.2 Å². The van der Waals surface area contributed by atoms with E-state index in [0.29, 0.717) is 11.9 Å². The quantitative estimate of drug-likeness (QED) is 0.829. The van der Waals surface area contributed by atoms with E-state index in [1.165, 1.54) is 12.8 Å². The third-order valence-corrected chi connectivity index (χ3v) is 5.59. The van der Waals surface area contributed by atoms with Crippen LogP contribution >= 0.6 is 0 Å². The highest BCUT2D eigenvalue weighted by Crippen LogP contribution is 2.45. The highest BCUT2D eigenvalue weighted by molar-refractivity contribution is 5.83. The molecule has 2 aliphatic heterocycles. The summed E-state index contributed by atoms with van der Waals surface area (Å²) >= 11 is 0. The van der Waals surface area contributed by atoms with Crippen molar-refractivity contribution < 1.29 is 4.79 Å². The maximum atomic E-state index is 12.7. The molecule has 0 radical (unpaired) electrons. The summed E-state index contributed by atoms with van der Waals surface area (Å²) in [6.45, 7) is 8.48. The van der Waals surface area contributed by atoms with Crippen molar-refractivity contribution in [2.75, 3.05) is 39.3 Å². The Kier molecular flexibility index (Phi) is 3.81. The van der Waals surface area contributed by atoms with Crippen LogP contribution in [0.4, 0.5) is 0 Å². The molecule has 0 aromatic rings. The minimum atomic E-state index is 0.0249. The first-order chi connectivity index (χ1) is 9.25. The summed E-state index contributed by atoms with van der Waals surface area (Å²) in [6.07, 6.45) is 5.78. The molecular weight excluding hydrogens is 238 g/mol. The SMILES string of the molecule is CCC1(C(=O)N2CCN(C3CCNC3)CC2)CCC1. The van der Waals surface area contributed by atoms with Crippen molar-refractivity contribution in [1.82, 2.24) is 15.1 Å². The van der Waals surface area contributed by atoms with E-state index in [1.54, 1.807) is 0 Å². The lowest BCUT2D eigenvalue weighted by atomic mass is 9.66. The van der Waals surface area contributed by atoms with Crippen LogP contribution in [0.5, 0.6) is 0 Å². The Morgan fingerprint density at radius 1 is 1.26 bits per heavy atom. The van der Waals surface area contributed by atoms with E-state index in [9.17, 15) is 4.79 Å². The number of hydrogen-bond donors (Lipinski definition) is 1. The first-order valence-corrected chi connectivity index (χ1v) is 7.99. The van der Waals surface area contributed by atoms with Gasteiger partial charge in [0.25, 0.3) is 0 Å². The Labute approximate surface area is 116 Å². The summed E-state index contributed by atoms with van der Waals surface area (Å²) in [4.78, 5) is 17.4. The van der Waals surface area contributed by atoms with Crippen LogP contribution in [0, 0.1) is 5.41 Å². The van der Waals surface area contributed by atoms with Gasteiger partial charge in [0.15, 0.2) is 0 Å². The third-order valence-electron chi connectivity index (χ3n) is 5.59. The molecule has 2 saturated heterocycles. The average Bonchev–Trinajstić information content (AvgIpc) is 2.92. The van der Waals surface area contributed by atoms with Crippen LogP contribution in [-0.2, 0) is 4.79 Å². The Morgan fingerprint density at radius 3 is 2.47 bits per heavy atom. The van der Waals surface area contributed by atoms with Crippen LogP contribution in [0.1, 0.15) is 39.0 Å². The molecule has 3 rings (SSSR count). The van der Waals surface area contributed by atoms with Gasteiger partial charge >= 0.3 is 0 Å². The van der Waals surface area contributed by atoms with Crippen molar-refractivity contribution in [2.45, 2.75) is 45.1 Å². The zero-order chi connectivity index (χ0) is 13.3. The normalized spacial score (nSPS) is 31.2. The van der Waals surface area contributed by atoms with Gasteiger partial charge in [-0.3, -0.25) is 9.69 Å². The zero-order valence-electron chi connectivity index (χ0n) is 12.2. The summed E-state index contributed by atoms with van der Waals surface area (Å²) in [5.41, 5.74) is 0.0249. The molecule has 4 nitrogen and oxygen atoms in total. The second-order valence-electron chi connectivity index (χ2n) is 6.46. The second-order valence-corrected chi connectivity index (χ2v) is 6.46. The second kappa shape index (κ2) is 5.41. The fourth-order valence-electron chi connectivity index (χ4n) is 3.90. The molecule has 2 heterocycles. The molecule has 3 fully saturated rings. The molecule has 19 heavy (non-hydrogen) atoms. The number of nitrogens with one attached hydrogen (secondary N) is 1. The minimum absolute atomic E-state index is 0.0249. The van der Waals surface area contributed by atoms with E-state index in [0.717, 1.165) is 58.5 Å². The van der Waals surface area contributed by atoms with Gasteiger partial charge in [-0.2, -0.15) is 0 Å². The van der Waals surface area contributed by atoms with Gasteiger partial charge in [0.1, 0.15) is 0 Å². The number of hydrogen-bond acceptors (Lipinski definition) is 3. The fraction of sp³-hybridized carbons (Fsp3) is 0.933. The molecule has 4 heteroatoms. The molecular formula is C15H27N3O. The Bertz CT molecular complexity index is 321. The number of carbonyl (C=O) groups is 1. The smallest absolute Gasteiger partial charge is 0.228 e. The molecule has 0 aromatic heterocycles. The van der Waals surface area contributed by atoms with Crippen molar-refractivity contribution >= 4 is 5.91 Å². The van der Waals surface area contributed by atoms with Crippen molar-refractivity contribution in [3.63, 3.8) is 0 Å². The average molecular weight is 265 g/mol. The van der Waals surface area contributed by atoms with Gasteiger partial charge in [-0.1, -0.05) is 13.3 Å². The van der Waals surface area contributed by atoms with Gasteiger partial charge in [0.2, 0.25) is 5.91 Å². The molecule has 0 spiro atoms. The number of rotatable bonds is 3. The Morgan fingerprint density at radius 2 is 2.00 bits per heavy atom. The molecule has 1 aliphatic carbocycles. The summed E-state index contributed by atoms with van der Waals surface area (Å²) in [6, 6.07) is 0.709. The Balaban J connectivity index is 1.53. The van der Waals surface area contributed by atoms with Crippen LogP contribution in [0.2, 0.25) is 0 Å². The van der Waals surface area contributed by atoms with Crippen molar-refractivity contribution in [3.05, 3.63) is 0 Å². The van der Waals surface area contributed by atoms with E-state index in [-0.39, 0.29) is 5.41 Å². The first kappa shape index (κ1) is 13.4. The van der Waals surface area contributed by atoms with E-state index in [2.05, 4.69) is 22.0 Å². The topological polar surface area (TPSA) is 35.6 Å². The van der Waals surface area contributed by atoms with Crippen LogP contribution in [-0.4, -0.2) is 61.0 Å². The lowest BCUT2D eigenvalue weighted by molar-refractivity contribution is -0.150. The third kappa shape index (κ3) is 2.40. The summed E-state index contributed by atoms with van der Waals surface area (Å²) in [5, 5.41) is 3.43. The molecule has 1 N–H and O–H groups in total. The van der Waals surface area contributed by atoms with Crippen LogP contribution < -0.4 is 5.32 Å². The number of nitrogens with zero attached hydrogens (tertiary/aromatic N) is 2. The van der Waals surface area contributed by atoms with Gasteiger partial charge in [-0.05, 0) is 32.2 Å². The van der Waals surface area contributed by atoms with E-state index >= 15 is 0 Å². The molecule has 3 aliphatic rings. The van der Waals surface area contributed by atoms with Crippen molar-refractivity contribution in [3.8, 4) is 0 Å². The molecule has 0 aromatic carbocycles. The molecule has 1 amide bonds. The van der Waals surface area contributed by atoms with Crippen LogP contribution in [0.15, 0.2) is 0 Å². The number of carbonyl (C=O) groups excluding carboxylic acids is 1. The first-order valence-electron chi connectivity index (χ1n) is 7.99. The lowest BCUT2D eigenvalue weighted by Crippen LogP contribution is -2.56. The molecule has 1 saturated carbocycles. The lowest BCUT2D eigenvalue weighted by Gasteiger charge is -2.46. The molecule has 0 bridgehead atoms. The maximum Gasteiger partial charge on any atom is 0.228 e. The summed E-state index contributed by atoms with van der Waals surface area (Å²) in [5.74, 6) is 0.449. The van der Waals surface area contributed by atoms with Gasteiger partial charge < -0.3 is 10.2 Å². The molecule has 1 unspecified atom stereocenters. The standard InChI is InChI=1S/C15H27N3O/c1-2-15(5-3-6-15)14(19)18-10-8-17(9-11-18)13-4-7-16-12-13/h13,16H,2-12H2,1H3. The zero-order valence-corrected chi connectivity index (χ0v) is 12.2. The molecule has 1 atom stereocenters. The fourth-order valence-corrected chi connectivity index (χ4v) is 3.90. The summed E-state index contributed by atoms with van der Waals surface area (Å²) in [7, 11) is 0. The highest BCUT2D eigenvalue weighted by atomic mass is 16.2. The van der Waals surface area contributed by atoms with Gasteiger partial charge in [-0.25, -0.2) is 0 Å². The van der Waals surface area contributed by atoms with Crippen molar-refractivity contribution in [1.29, 1.82) is 0 Å². The number of amides is 1. The largest absolute Gasteiger partial charge is 0.340 e. The van der Waals surface area contributed by atoms with Crippen LogP contribution in [0.25, 0.3) is 0 Å². The monoisotopic (exact) mass is 265 g/mol. The van der Waals surface area contributed by atoms with E-state index in [1.807, 2.05) is 0 Å². The minimum Gasteiger partial charge on any atom is -0.340 e. The van der Waals surface area contributed by atoms with Crippen molar-refractivity contribution in [2.24, 2.45) is 5.41 Å². The van der Waals surface area contributed by atoms with Gasteiger partial charge in [0.05, 0.1) is 0 Å². The molecule has 108 valence electrons.